The van der Waals surface area contributed by atoms with Gasteiger partial charge in [-0.25, -0.2) is 0 Å². The maximum Gasteiger partial charge on any atom is 0.293 e. The molecule has 0 bridgehead atoms. The number of nitriles is 1. The number of ether oxygens (including phenoxy) is 1. The van der Waals surface area contributed by atoms with Crippen molar-refractivity contribution in [2.45, 2.75) is 13.2 Å². The Kier molecular flexibility index (Phi) is 7.07. The number of amides is 2. The van der Waals surface area contributed by atoms with E-state index in [0.29, 0.717) is 16.2 Å². The highest BCUT2D eigenvalue weighted by Crippen LogP contribution is 2.35. The molecule has 2 amide bonds. The number of hydrogen-bond acceptors (Lipinski definition) is 5. The maximum absolute atomic E-state index is 13.1. The molecule has 4 aromatic carbocycles. The number of thioether (sulfide) groups is 1. The summed E-state index contributed by atoms with van der Waals surface area (Å²) in [6.07, 6.45) is 1.74. The second-order valence-corrected chi connectivity index (χ2v) is 10.3. The fourth-order valence-corrected chi connectivity index (χ4v) is 5.56. The molecule has 1 fully saturated rings. The zero-order chi connectivity index (χ0) is 25.1. The van der Waals surface area contributed by atoms with Gasteiger partial charge in [0.15, 0.2) is 0 Å². The van der Waals surface area contributed by atoms with Gasteiger partial charge in [-0.05, 0) is 80.5 Å². The summed E-state index contributed by atoms with van der Waals surface area (Å²) in [4.78, 5) is 27.5. The molecular formula is C29H19IN2O3S. The molecule has 5 nitrogen and oxygen atoms in total. The second kappa shape index (κ2) is 10.6. The number of imide groups is 1. The molecular weight excluding hydrogens is 583 g/mol. The predicted molar refractivity (Wildman–Crippen MR) is 150 cm³/mol. The monoisotopic (exact) mass is 602 g/mol. The van der Waals surface area contributed by atoms with Gasteiger partial charge in [0.2, 0.25) is 0 Å². The third-order valence-electron chi connectivity index (χ3n) is 5.86. The summed E-state index contributed by atoms with van der Waals surface area (Å²) in [5.74, 6) is 0.394. The number of nitrogens with zero attached hydrogens (tertiary/aromatic N) is 2. The van der Waals surface area contributed by atoms with E-state index in [1.165, 1.54) is 4.90 Å². The lowest BCUT2D eigenvalue weighted by molar-refractivity contribution is -0.123. The summed E-state index contributed by atoms with van der Waals surface area (Å²) in [6.45, 7) is 0.518. The molecule has 7 heteroatoms. The Hall–Kier alpha value is -3.61. The molecule has 0 radical (unpaired) electrons. The van der Waals surface area contributed by atoms with Gasteiger partial charge in [-0.15, -0.1) is 0 Å². The topological polar surface area (TPSA) is 70.4 Å². The number of fused-ring (bicyclic) bond motifs is 1. The lowest BCUT2D eigenvalue weighted by atomic mass is 10.0. The molecule has 176 valence electrons. The summed E-state index contributed by atoms with van der Waals surface area (Å²) < 4.78 is 6.80. The number of halogens is 1. The van der Waals surface area contributed by atoms with E-state index in [1.54, 1.807) is 12.1 Å². The van der Waals surface area contributed by atoms with E-state index in [1.807, 2.05) is 78.9 Å². The van der Waals surface area contributed by atoms with Crippen LogP contribution in [0.2, 0.25) is 0 Å². The number of carbonyl (C=O) groups excluding carboxylic acids is 2. The fourth-order valence-electron chi connectivity index (χ4n) is 4.02. The maximum atomic E-state index is 13.1. The van der Waals surface area contributed by atoms with E-state index in [-0.39, 0.29) is 24.3 Å². The first kappa shape index (κ1) is 24.1. The van der Waals surface area contributed by atoms with Crippen LogP contribution in [0.25, 0.3) is 16.8 Å². The van der Waals surface area contributed by atoms with E-state index < -0.39 is 0 Å². The fraction of sp³-hybridized carbons (Fsp3) is 0.0690. The summed E-state index contributed by atoms with van der Waals surface area (Å²) >= 11 is 3.14. The quantitative estimate of drug-likeness (QED) is 0.174. The van der Waals surface area contributed by atoms with Gasteiger partial charge >= 0.3 is 0 Å². The molecule has 0 aromatic heterocycles. The Labute approximate surface area is 226 Å². The zero-order valence-corrected chi connectivity index (χ0v) is 22.0. The minimum Gasteiger partial charge on any atom is -0.488 e. The van der Waals surface area contributed by atoms with Crippen LogP contribution in [0.15, 0.2) is 89.8 Å². The van der Waals surface area contributed by atoms with Crippen molar-refractivity contribution in [2.75, 3.05) is 0 Å². The minimum atomic E-state index is -0.290. The van der Waals surface area contributed by atoms with Gasteiger partial charge in [-0.1, -0.05) is 66.7 Å². The molecule has 36 heavy (non-hydrogen) atoms. The molecule has 0 saturated carbocycles. The van der Waals surface area contributed by atoms with E-state index in [2.05, 4.69) is 28.7 Å². The van der Waals surface area contributed by atoms with Gasteiger partial charge in [-0.3, -0.25) is 14.5 Å². The Balaban J connectivity index is 1.31. The standard InChI is InChI=1S/C29H19IN2O3S/c30-25-14-19(12-13-26(25)35-18-23-8-2-1-7-21(23)16-31)15-27-28(33)32(29(34)36-27)17-22-10-5-9-20-6-3-4-11-24(20)22/h1-15H,17-18H2/b27-15+. The molecule has 0 aliphatic carbocycles. The molecule has 0 N–H and O–H groups in total. The number of rotatable bonds is 6. The Morgan fingerprint density at radius 3 is 2.53 bits per heavy atom. The van der Waals surface area contributed by atoms with E-state index in [0.717, 1.165) is 42.8 Å². The van der Waals surface area contributed by atoms with Crippen molar-refractivity contribution >= 4 is 62.3 Å². The third-order valence-corrected chi connectivity index (χ3v) is 7.61. The van der Waals surface area contributed by atoms with Crippen molar-refractivity contribution in [3.63, 3.8) is 0 Å². The molecule has 1 heterocycles. The first-order chi connectivity index (χ1) is 17.5. The lowest BCUT2D eigenvalue weighted by Gasteiger charge is -2.14. The number of carbonyl (C=O) groups is 2. The average molecular weight is 602 g/mol. The van der Waals surface area contributed by atoms with E-state index in [4.69, 9.17) is 4.74 Å². The highest BCUT2D eigenvalue weighted by Gasteiger charge is 2.35. The third kappa shape index (κ3) is 5.01. The SMILES string of the molecule is N#Cc1ccccc1COc1ccc(/C=C2/SC(=O)N(Cc3cccc4ccccc34)C2=O)cc1I. The van der Waals surface area contributed by atoms with Crippen LogP contribution < -0.4 is 4.74 Å². The summed E-state index contributed by atoms with van der Waals surface area (Å²) in [5.41, 5.74) is 3.15. The van der Waals surface area contributed by atoms with Crippen molar-refractivity contribution in [1.82, 2.24) is 4.90 Å². The van der Waals surface area contributed by atoms with Crippen LogP contribution in [-0.2, 0) is 17.9 Å². The van der Waals surface area contributed by atoms with Crippen LogP contribution in [0.4, 0.5) is 4.79 Å². The van der Waals surface area contributed by atoms with Gasteiger partial charge in [0.25, 0.3) is 11.1 Å². The van der Waals surface area contributed by atoms with Crippen LogP contribution in [-0.4, -0.2) is 16.0 Å². The molecule has 0 unspecified atom stereocenters. The molecule has 1 aliphatic rings. The number of benzene rings is 4. The normalized spacial score (nSPS) is 14.4. The van der Waals surface area contributed by atoms with Crippen LogP contribution in [0.5, 0.6) is 5.75 Å². The van der Waals surface area contributed by atoms with Gasteiger partial charge < -0.3 is 4.74 Å². The largest absolute Gasteiger partial charge is 0.488 e. The minimum absolute atomic E-state index is 0.234. The zero-order valence-electron chi connectivity index (χ0n) is 19.0. The van der Waals surface area contributed by atoms with Crippen molar-refractivity contribution in [2.24, 2.45) is 0 Å². The molecule has 1 aliphatic heterocycles. The first-order valence-electron chi connectivity index (χ1n) is 11.2. The van der Waals surface area contributed by atoms with Crippen LogP contribution >= 0.6 is 34.4 Å². The Morgan fingerprint density at radius 1 is 0.944 bits per heavy atom. The molecule has 0 spiro atoms. The van der Waals surface area contributed by atoms with E-state index >= 15 is 0 Å². The van der Waals surface area contributed by atoms with Crippen LogP contribution in [0.1, 0.15) is 22.3 Å². The predicted octanol–water partition coefficient (Wildman–Crippen LogP) is 7.13. The highest BCUT2D eigenvalue weighted by atomic mass is 127. The second-order valence-electron chi connectivity index (χ2n) is 8.15. The Morgan fingerprint density at radius 2 is 1.69 bits per heavy atom. The van der Waals surface area contributed by atoms with Crippen molar-refractivity contribution < 1.29 is 14.3 Å². The van der Waals surface area contributed by atoms with Crippen LogP contribution in [0, 0.1) is 14.9 Å². The van der Waals surface area contributed by atoms with E-state index in [9.17, 15) is 14.9 Å². The molecule has 5 rings (SSSR count). The van der Waals surface area contributed by atoms with Crippen molar-refractivity contribution in [3.8, 4) is 11.8 Å². The molecule has 4 aromatic rings. The highest BCUT2D eigenvalue weighted by molar-refractivity contribution is 14.1. The summed E-state index contributed by atoms with van der Waals surface area (Å²) in [6, 6.07) is 29.0. The van der Waals surface area contributed by atoms with Gasteiger partial charge in [0.05, 0.1) is 26.7 Å². The average Bonchev–Trinajstić information content (AvgIpc) is 3.16. The van der Waals surface area contributed by atoms with Crippen LogP contribution in [0.3, 0.4) is 0 Å². The van der Waals surface area contributed by atoms with Crippen molar-refractivity contribution in [3.05, 3.63) is 116 Å². The Bertz CT molecular complexity index is 1570. The molecule has 1 saturated heterocycles. The van der Waals surface area contributed by atoms with Gasteiger partial charge in [0.1, 0.15) is 12.4 Å². The first-order valence-corrected chi connectivity index (χ1v) is 13.1. The van der Waals surface area contributed by atoms with Gasteiger partial charge in [-0.2, -0.15) is 5.26 Å². The summed E-state index contributed by atoms with van der Waals surface area (Å²) in [7, 11) is 0. The number of hydrogen-bond donors (Lipinski definition) is 0. The smallest absolute Gasteiger partial charge is 0.293 e. The lowest BCUT2D eigenvalue weighted by Crippen LogP contribution is -2.27. The van der Waals surface area contributed by atoms with Gasteiger partial charge in [0, 0.05) is 5.56 Å². The molecule has 0 atom stereocenters. The van der Waals surface area contributed by atoms with Crippen molar-refractivity contribution in [1.29, 1.82) is 5.26 Å². The summed E-state index contributed by atoms with van der Waals surface area (Å²) in [5, 5.41) is 11.1.